The lowest BCUT2D eigenvalue weighted by Crippen LogP contribution is -2.23. The maximum atomic E-state index is 5.89. The first-order valence-electron chi connectivity index (χ1n) is 7.30. The van der Waals surface area contributed by atoms with Crippen LogP contribution in [0.15, 0.2) is 36.5 Å². The van der Waals surface area contributed by atoms with Crippen LogP contribution in [-0.4, -0.2) is 33.0 Å². The summed E-state index contributed by atoms with van der Waals surface area (Å²) in [5.41, 5.74) is 2.15. The highest BCUT2D eigenvalue weighted by atomic mass is 16.7. The third-order valence-electron chi connectivity index (χ3n) is 3.61. The summed E-state index contributed by atoms with van der Waals surface area (Å²) in [4.78, 5) is 0. The second-order valence-electron chi connectivity index (χ2n) is 5.98. The van der Waals surface area contributed by atoms with E-state index in [0.717, 1.165) is 18.7 Å². The highest BCUT2D eigenvalue weighted by molar-refractivity contribution is 5.15. The summed E-state index contributed by atoms with van der Waals surface area (Å²) in [5.74, 6) is -0.510. The number of nitrogens with zero attached hydrogens (tertiary/aromatic N) is 3. The zero-order chi connectivity index (χ0) is 14.9. The molecule has 0 spiro atoms. The maximum Gasteiger partial charge on any atom is 0.163 e. The highest BCUT2D eigenvalue weighted by Gasteiger charge is 2.38. The van der Waals surface area contributed by atoms with Crippen molar-refractivity contribution >= 4 is 0 Å². The van der Waals surface area contributed by atoms with Crippen molar-refractivity contribution in [2.75, 3.05) is 0 Å². The van der Waals surface area contributed by atoms with Gasteiger partial charge in [-0.15, -0.1) is 5.10 Å². The van der Waals surface area contributed by atoms with Crippen LogP contribution in [-0.2, 0) is 22.4 Å². The van der Waals surface area contributed by atoms with E-state index in [4.69, 9.17) is 9.47 Å². The first kappa shape index (κ1) is 14.2. The van der Waals surface area contributed by atoms with Gasteiger partial charge in [-0.05, 0) is 26.3 Å². The van der Waals surface area contributed by atoms with Gasteiger partial charge in [-0.1, -0.05) is 35.5 Å². The number of rotatable bonds is 4. The minimum Gasteiger partial charge on any atom is -0.345 e. The van der Waals surface area contributed by atoms with Gasteiger partial charge in [0.15, 0.2) is 5.79 Å². The Bertz CT molecular complexity index is 595. The van der Waals surface area contributed by atoms with Gasteiger partial charge in [-0.2, -0.15) is 0 Å². The molecule has 0 bridgehead atoms. The maximum absolute atomic E-state index is 5.89. The fraction of sp³-hybridized carbons (Fsp3) is 0.500. The standard InChI is InChI=1S/C16H21N3O2/c1-12-15(21-16(2,3)20-12)9-14-11-19(18-17-14)10-13-7-5-4-6-8-13/h4-8,11-12,15H,9-10H2,1-3H3/t12?,15-/m1/s1. The summed E-state index contributed by atoms with van der Waals surface area (Å²) in [7, 11) is 0. The molecule has 2 heterocycles. The second kappa shape index (κ2) is 5.58. The summed E-state index contributed by atoms with van der Waals surface area (Å²) >= 11 is 0. The van der Waals surface area contributed by atoms with Gasteiger partial charge in [0.05, 0.1) is 24.4 Å². The van der Waals surface area contributed by atoms with E-state index in [-0.39, 0.29) is 12.2 Å². The molecule has 0 amide bonds. The van der Waals surface area contributed by atoms with Crippen molar-refractivity contribution in [2.45, 2.75) is 51.7 Å². The molecule has 5 nitrogen and oxygen atoms in total. The Morgan fingerprint density at radius 2 is 1.95 bits per heavy atom. The molecule has 5 heteroatoms. The average molecular weight is 287 g/mol. The van der Waals surface area contributed by atoms with Crippen LogP contribution in [0.25, 0.3) is 0 Å². The molecule has 0 radical (unpaired) electrons. The lowest BCUT2D eigenvalue weighted by Gasteiger charge is -2.16. The van der Waals surface area contributed by atoms with Gasteiger partial charge in [0, 0.05) is 12.6 Å². The van der Waals surface area contributed by atoms with E-state index in [2.05, 4.69) is 22.4 Å². The average Bonchev–Trinajstić information content (AvgIpc) is 2.95. The predicted octanol–water partition coefficient (Wildman–Crippen LogP) is 2.41. The minimum absolute atomic E-state index is 0.0295. The molecule has 0 N–H and O–H groups in total. The third kappa shape index (κ3) is 3.49. The topological polar surface area (TPSA) is 49.2 Å². The van der Waals surface area contributed by atoms with Crippen LogP contribution < -0.4 is 0 Å². The Morgan fingerprint density at radius 3 is 2.62 bits per heavy atom. The van der Waals surface area contributed by atoms with E-state index in [1.165, 1.54) is 5.56 Å². The highest BCUT2D eigenvalue weighted by Crippen LogP contribution is 2.29. The Hall–Kier alpha value is -1.72. The number of ether oxygens (including phenoxy) is 2. The van der Waals surface area contributed by atoms with Gasteiger partial charge < -0.3 is 9.47 Å². The van der Waals surface area contributed by atoms with Gasteiger partial charge >= 0.3 is 0 Å². The fourth-order valence-corrected chi connectivity index (χ4v) is 2.71. The molecule has 21 heavy (non-hydrogen) atoms. The van der Waals surface area contributed by atoms with Crippen molar-refractivity contribution in [1.82, 2.24) is 15.0 Å². The first-order chi connectivity index (χ1) is 10.0. The Morgan fingerprint density at radius 1 is 1.19 bits per heavy atom. The van der Waals surface area contributed by atoms with Crippen molar-refractivity contribution < 1.29 is 9.47 Å². The van der Waals surface area contributed by atoms with Crippen LogP contribution in [0.3, 0.4) is 0 Å². The number of benzene rings is 1. The summed E-state index contributed by atoms with van der Waals surface area (Å²) in [5, 5.41) is 8.42. The zero-order valence-electron chi connectivity index (χ0n) is 12.7. The molecular weight excluding hydrogens is 266 g/mol. The van der Waals surface area contributed by atoms with Crippen LogP contribution in [0.5, 0.6) is 0 Å². The molecule has 1 aliphatic heterocycles. The van der Waals surface area contributed by atoms with Crippen molar-refractivity contribution in [3.05, 3.63) is 47.8 Å². The summed E-state index contributed by atoms with van der Waals surface area (Å²) in [6, 6.07) is 10.2. The van der Waals surface area contributed by atoms with Crippen LogP contribution in [0.1, 0.15) is 32.0 Å². The second-order valence-corrected chi connectivity index (χ2v) is 5.98. The van der Waals surface area contributed by atoms with Crippen LogP contribution in [0, 0.1) is 0 Å². The van der Waals surface area contributed by atoms with Crippen molar-refractivity contribution in [3.63, 3.8) is 0 Å². The number of hydrogen-bond donors (Lipinski definition) is 0. The number of aromatic nitrogens is 3. The molecule has 0 aliphatic carbocycles. The van der Waals surface area contributed by atoms with E-state index in [1.54, 1.807) is 0 Å². The molecular formula is C16H21N3O2. The van der Waals surface area contributed by atoms with Crippen LogP contribution in [0.2, 0.25) is 0 Å². The van der Waals surface area contributed by atoms with Gasteiger partial charge in [-0.25, -0.2) is 4.68 Å². The minimum atomic E-state index is -0.510. The first-order valence-corrected chi connectivity index (χ1v) is 7.30. The third-order valence-corrected chi connectivity index (χ3v) is 3.61. The Labute approximate surface area is 124 Å². The molecule has 1 fully saturated rings. The Balaban J connectivity index is 1.63. The summed E-state index contributed by atoms with van der Waals surface area (Å²) in [6.07, 6.45) is 2.80. The van der Waals surface area contributed by atoms with E-state index in [1.807, 2.05) is 49.8 Å². The van der Waals surface area contributed by atoms with Gasteiger partial charge in [0.25, 0.3) is 0 Å². The van der Waals surface area contributed by atoms with Gasteiger partial charge in [0.1, 0.15) is 0 Å². The van der Waals surface area contributed by atoms with E-state index < -0.39 is 5.79 Å². The van der Waals surface area contributed by atoms with Crippen LogP contribution >= 0.6 is 0 Å². The zero-order valence-corrected chi connectivity index (χ0v) is 12.7. The molecule has 2 atom stereocenters. The molecule has 3 rings (SSSR count). The molecule has 1 aliphatic rings. The number of hydrogen-bond acceptors (Lipinski definition) is 4. The van der Waals surface area contributed by atoms with Crippen molar-refractivity contribution in [3.8, 4) is 0 Å². The lowest BCUT2D eigenvalue weighted by molar-refractivity contribution is -0.144. The van der Waals surface area contributed by atoms with Crippen molar-refractivity contribution in [2.24, 2.45) is 0 Å². The fourth-order valence-electron chi connectivity index (χ4n) is 2.71. The van der Waals surface area contributed by atoms with Gasteiger partial charge in [-0.3, -0.25) is 0 Å². The Kier molecular flexibility index (Phi) is 3.78. The smallest absolute Gasteiger partial charge is 0.163 e. The van der Waals surface area contributed by atoms with E-state index >= 15 is 0 Å². The van der Waals surface area contributed by atoms with Crippen molar-refractivity contribution in [1.29, 1.82) is 0 Å². The molecule has 1 aromatic carbocycles. The lowest BCUT2D eigenvalue weighted by atomic mass is 10.1. The van der Waals surface area contributed by atoms with Gasteiger partial charge in [0.2, 0.25) is 0 Å². The molecule has 1 aromatic heterocycles. The molecule has 0 saturated carbocycles. The summed E-state index contributed by atoms with van der Waals surface area (Å²) < 4.78 is 13.5. The molecule has 2 aromatic rings. The summed E-state index contributed by atoms with van der Waals surface area (Å²) in [6.45, 7) is 6.65. The van der Waals surface area contributed by atoms with E-state index in [0.29, 0.717) is 0 Å². The molecule has 112 valence electrons. The normalized spacial score (nSPS) is 24.3. The SMILES string of the molecule is CC1OC(C)(C)O[C@@H]1Cc1cn(Cc2ccccc2)nn1. The van der Waals surface area contributed by atoms with E-state index in [9.17, 15) is 0 Å². The largest absolute Gasteiger partial charge is 0.345 e. The quantitative estimate of drug-likeness (QED) is 0.866. The molecule has 1 unspecified atom stereocenters. The van der Waals surface area contributed by atoms with Crippen LogP contribution in [0.4, 0.5) is 0 Å². The predicted molar refractivity (Wildman–Crippen MR) is 78.8 cm³/mol. The molecule has 1 saturated heterocycles. The monoisotopic (exact) mass is 287 g/mol.